The molecule has 6 heteroatoms. The Morgan fingerprint density at radius 3 is 2.65 bits per heavy atom. The Morgan fingerprint density at radius 2 is 2.10 bits per heavy atom. The normalized spacial score (nSPS) is 23.1. The van der Waals surface area contributed by atoms with Crippen molar-refractivity contribution in [1.82, 2.24) is 5.32 Å². The molecule has 3 N–H and O–H groups in total. The van der Waals surface area contributed by atoms with E-state index in [1.54, 1.807) is 24.3 Å². The van der Waals surface area contributed by atoms with Gasteiger partial charge < -0.3 is 20.5 Å². The van der Waals surface area contributed by atoms with Gasteiger partial charge in [-0.25, -0.2) is 4.79 Å². The van der Waals surface area contributed by atoms with Crippen LogP contribution in [0.4, 0.5) is 0 Å². The summed E-state index contributed by atoms with van der Waals surface area (Å²) in [5.74, 6) is -0.943. The van der Waals surface area contributed by atoms with Crippen molar-refractivity contribution in [3.05, 3.63) is 35.9 Å². The zero-order chi connectivity index (χ0) is 14.6. The highest BCUT2D eigenvalue weighted by Gasteiger charge is 2.40. The van der Waals surface area contributed by atoms with Crippen LogP contribution < -0.4 is 11.1 Å². The molecule has 2 atom stereocenters. The number of esters is 1. The molecule has 0 aromatic heterocycles. The Labute approximate surface area is 117 Å². The molecule has 0 aliphatic carbocycles. The maximum absolute atomic E-state index is 12.2. The molecule has 1 heterocycles. The number of hydrogen-bond donors (Lipinski definition) is 2. The van der Waals surface area contributed by atoms with Crippen LogP contribution in [0, 0.1) is 0 Å². The number of ether oxygens (including phenoxy) is 2. The van der Waals surface area contributed by atoms with Crippen molar-refractivity contribution in [2.45, 2.75) is 18.0 Å². The fourth-order valence-corrected chi connectivity index (χ4v) is 2.08. The van der Waals surface area contributed by atoms with Gasteiger partial charge in [0.2, 0.25) is 5.91 Å². The maximum Gasteiger partial charge on any atom is 0.333 e. The van der Waals surface area contributed by atoms with Gasteiger partial charge in [0.15, 0.2) is 6.04 Å². The molecule has 1 aliphatic heterocycles. The minimum absolute atomic E-state index is 0.154. The summed E-state index contributed by atoms with van der Waals surface area (Å²) in [6.45, 7) is 0.597. The van der Waals surface area contributed by atoms with Gasteiger partial charge in [0.1, 0.15) is 5.54 Å². The molecule has 1 aromatic carbocycles. The molecule has 1 amide bonds. The number of benzene rings is 1. The summed E-state index contributed by atoms with van der Waals surface area (Å²) in [5, 5.41) is 2.65. The smallest absolute Gasteiger partial charge is 0.333 e. The zero-order valence-corrected chi connectivity index (χ0v) is 11.3. The molecule has 1 aliphatic rings. The molecule has 6 nitrogen and oxygen atoms in total. The molecule has 2 unspecified atom stereocenters. The van der Waals surface area contributed by atoms with Crippen LogP contribution in [0.5, 0.6) is 0 Å². The van der Waals surface area contributed by atoms with E-state index in [0.717, 1.165) is 0 Å². The lowest BCUT2D eigenvalue weighted by Crippen LogP contribution is -2.56. The summed E-state index contributed by atoms with van der Waals surface area (Å²) >= 11 is 0. The van der Waals surface area contributed by atoms with Crippen molar-refractivity contribution in [3.63, 3.8) is 0 Å². The van der Waals surface area contributed by atoms with Crippen LogP contribution in [0.15, 0.2) is 30.3 Å². The van der Waals surface area contributed by atoms with Gasteiger partial charge in [0.25, 0.3) is 0 Å². The van der Waals surface area contributed by atoms with Crippen molar-refractivity contribution in [1.29, 1.82) is 0 Å². The number of carbonyl (C=O) groups excluding carboxylic acids is 2. The molecule has 0 spiro atoms. The van der Waals surface area contributed by atoms with Crippen molar-refractivity contribution >= 4 is 11.9 Å². The van der Waals surface area contributed by atoms with Crippen LogP contribution in [0.3, 0.4) is 0 Å². The molecule has 0 bridgehead atoms. The Hall–Kier alpha value is -1.92. The molecule has 20 heavy (non-hydrogen) atoms. The molecule has 2 rings (SSSR count). The molecule has 1 aromatic rings. The fraction of sp³-hybridized carbons (Fsp3) is 0.429. The first-order chi connectivity index (χ1) is 9.57. The van der Waals surface area contributed by atoms with E-state index in [1.807, 2.05) is 6.07 Å². The first-order valence-electron chi connectivity index (χ1n) is 6.37. The second kappa shape index (κ2) is 6.02. The van der Waals surface area contributed by atoms with Crippen LogP contribution in [0.1, 0.15) is 18.0 Å². The van der Waals surface area contributed by atoms with Crippen LogP contribution in [0.2, 0.25) is 0 Å². The van der Waals surface area contributed by atoms with Gasteiger partial charge in [-0.3, -0.25) is 4.79 Å². The molecule has 108 valence electrons. The predicted molar refractivity (Wildman–Crippen MR) is 71.7 cm³/mol. The van der Waals surface area contributed by atoms with E-state index in [-0.39, 0.29) is 6.61 Å². The minimum Gasteiger partial charge on any atom is -0.467 e. The van der Waals surface area contributed by atoms with Gasteiger partial charge in [-0.05, 0) is 12.0 Å². The van der Waals surface area contributed by atoms with Crippen LogP contribution in [-0.4, -0.2) is 37.7 Å². The summed E-state index contributed by atoms with van der Waals surface area (Å²) in [6, 6.07) is 8.03. The van der Waals surface area contributed by atoms with Gasteiger partial charge in [0, 0.05) is 6.61 Å². The quantitative estimate of drug-likeness (QED) is 0.764. The van der Waals surface area contributed by atoms with Crippen molar-refractivity contribution in [2.75, 3.05) is 20.3 Å². The molecule has 1 saturated heterocycles. The average Bonchev–Trinajstić information content (AvgIpc) is 2.93. The van der Waals surface area contributed by atoms with Gasteiger partial charge in [-0.15, -0.1) is 0 Å². The Balaban J connectivity index is 2.16. The topological polar surface area (TPSA) is 90.7 Å². The maximum atomic E-state index is 12.2. The molecule has 0 radical (unpaired) electrons. The Bertz CT molecular complexity index is 483. The molecular weight excluding hydrogens is 260 g/mol. The third-order valence-corrected chi connectivity index (χ3v) is 3.35. The Morgan fingerprint density at radius 1 is 1.40 bits per heavy atom. The van der Waals surface area contributed by atoms with Gasteiger partial charge in [-0.1, -0.05) is 30.3 Å². The van der Waals surface area contributed by atoms with E-state index < -0.39 is 23.5 Å². The third-order valence-electron chi connectivity index (χ3n) is 3.35. The van der Waals surface area contributed by atoms with Crippen LogP contribution in [-0.2, 0) is 19.1 Å². The fourth-order valence-electron chi connectivity index (χ4n) is 2.08. The first-order valence-corrected chi connectivity index (χ1v) is 6.37. The van der Waals surface area contributed by atoms with E-state index in [2.05, 4.69) is 5.32 Å². The van der Waals surface area contributed by atoms with Crippen molar-refractivity contribution in [2.24, 2.45) is 5.73 Å². The number of nitrogens with one attached hydrogen (secondary N) is 1. The summed E-state index contributed by atoms with van der Waals surface area (Å²) in [6.07, 6.45) is 0.432. The van der Waals surface area contributed by atoms with Crippen molar-refractivity contribution in [3.8, 4) is 0 Å². The first kappa shape index (κ1) is 14.5. The van der Waals surface area contributed by atoms with Gasteiger partial charge in [0.05, 0.1) is 13.7 Å². The second-order valence-corrected chi connectivity index (χ2v) is 4.80. The van der Waals surface area contributed by atoms with Crippen LogP contribution >= 0.6 is 0 Å². The summed E-state index contributed by atoms with van der Waals surface area (Å²) in [7, 11) is 1.28. The lowest BCUT2D eigenvalue weighted by Gasteiger charge is -2.24. The lowest BCUT2D eigenvalue weighted by atomic mass is 9.97. The van der Waals surface area contributed by atoms with Crippen molar-refractivity contribution < 1.29 is 19.1 Å². The predicted octanol–water partition coefficient (Wildman–Crippen LogP) is 0.135. The second-order valence-electron chi connectivity index (χ2n) is 4.80. The van der Waals surface area contributed by atoms with E-state index >= 15 is 0 Å². The molecule has 1 fully saturated rings. The average molecular weight is 278 g/mol. The number of methoxy groups -OCH3 is 1. The summed E-state index contributed by atoms with van der Waals surface area (Å²) < 4.78 is 9.89. The number of hydrogen-bond acceptors (Lipinski definition) is 5. The van der Waals surface area contributed by atoms with Gasteiger partial charge >= 0.3 is 5.97 Å². The molecule has 0 saturated carbocycles. The highest BCUT2D eigenvalue weighted by Crippen LogP contribution is 2.19. The highest BCUT2D eigenvalue weighted by molar-refractivity contribution is 5.91. The SMILES string of the molecule is COC(=O)C(NC(=O)C1(N)CCOC1)c1ccccc1. The zero-order valence-electron chi connectivity index (χ0n) is 11.3. The number of nitrogens with two attached hydrogens (primary N) is 1. The number of amides is 1. The van der Waals surface area contributed by atoms with E-state index in [1.165, 1.54) is 7.11 Å². The van der Waals surface area contributed by atoms with E-state index in [0.29, 0.717) is 18.6 Å². The number of rotatable bonds is 4. The molecular formula is C14H18N2O4. The third kappa shape index (κ3) is 2.97. The lowest BCUT2D eigenvalue weighted by molar-refractivity contribution is -0.146. The Kier molecular flexibility index (Phi) is 4.36. The standard InChI is InChI=1S/C14H18N2O4/c1-19-12(17)11(10-5-3-2-4-6-10)16-13(18)14(15)7-8-20-9-14/h2-6,11H,7-9,15H2,1H3,(H,16,18). The summed E-state index contributed by atoms with van der Waals surface area (Å²) in [4.78, 5) is 24.1. The minimum atomic E-state index is -1.08. The largest absolute Gasteiger partial charge is 0.467 e. The monoisotopic (exact) mass is 278 g/mol. The van der Waals surface area contributed by atoms with E-state index in [9.17, 15) is 9.59 Å². The van der Waals surface area contributed by atoms with Gasteiger partial charge in [-0.2, -0.15) is 0 Å². The highest BCUT2D eigenvalue weighted by atomic mass is 16.5. The number of carbonyl (C=O) groups is 2. The van der Waals surface area contributed by atoms with Crippen LogP contribution in [0.25, 0.3) is 0 Å². The summed E-state index contributed by atoms with van der Waals surface area (Å²) in [5.41, 5.74) is 5.55. The van der Waals surface area contributed by atoms with E-state index in [4.69, 9.17) is 15.2 Å².